The van der Waals surface area contributed by atoms with Crippen LogP contribution in [0.2, 0.25) is 0 Å². The second kappa shape index (κ2) is 6.82. The van der Waals surface area contributed by atoms with Crippen molar-refractivity contribution in [3.8, 4) is 0 Å². The third-order valence-corrected chi connectivity index (χ3v) is 4.86. The van der Waals surface area contributed by atoms with Gasteiger partial charge in [0.25, 0.3) is 5.91 Å². The van der Waals surface area contributed by atoms with Crippen molar-refractivity contribution in [2.24, 2.45) is 5.92 Å². The number of hydrogen-bond donors (Lipinski definition) is 0. The number of rotatable bonds is 3. The van der Waals surface area contributed by atoms with Crippen molar-refractivity contribution in [2.45, 2.75) is 32.7 Å². The van der Waals surface area contributed by atoms with Gasteiger partial charge in [-0.3, -0.25) is 19.4 Å². The van der Waals surface area contributed by atoms with Crippen LogP contribution in [0.1, 0.15) is 26.7 Å². The molecule has 1 aromatic rings. The number of amides is 4. The predicted octanol–water partition coefficient (Wildman–Crippen LogP) is 2.24. The van der Waals surface area contributed by atoms with E-state index in [1.165, 1.54) is 29.2 Å². The second-order valence-corrected chi connectivity index (χ2v) is 6.82. The number of nitrogens with zero attached hydrogens (tertiary/aromatic N) is 3. The summed E-state index contributed by atoms with van der Waals surface area (Å²) in [6, 6.07) is 4.13. The maximum atomic E-state index is 13.1. The molecule has 1 aromatic carbocycles. The number of urea groups is 1. The molecule has 2 heterocycles. The minimum atomic E-state index is -0.717. The molecule has 0 aromatic heterocycles. The average molecular weight is 347 g/mol. The first-order chi connectivity index (χ1) is 11.9. The van der Waals surface area contributed by atoms with Gasteiger partial charge in [0.15, 0.2) is 0 Å². The highest BCUT2D eigenvalue weighted by molar-refractivity contribution is 6.15. The average Bonchev–Trinajstić information content (AvgIpc) is 2.79. The summed E-state index contributed by atoms with van der Waals surface area (Å²) < 4.78 is 13.1. The molecule has 0 N–H and O–H groups in total. The summed E-state index contributed by atoms with van der Waals surface area (Å²) in [4.78, 5) is 41.6. The quantitative estimate of drug-likeness (QED) is 0.788. The number of benzene rings is 1. The summed E-state index contributed by atoms with van der Waals surface area (Å²) in [7, 11) is 0. The first-order valence-electron chi connectivity index (χ1n) is 8.56. The Kier molecular flexibility index (Phi) is 4.74. The molecule has 2 saturated heterocycles. The molecule has 0 saturated carbocycles. The highest BCUT2D eigenvalue weighted by Crippen LogP contribution is 2.26. The zero-order valence-corrected chi connectivity index (χ0v) is 14.4. The van der Waals surface area contributed by atoms with E-state index in [1.54, 1.807) is 11.8 Å². The lowest BCUT2D eigenvalue weighted by Crippen LogP contribution is -2.46. The van der Waals surface area contributed by atoms with Crippen molar-refractivity contribution in [3.05, 3.63) is 30.1 Å². The molecule has 0 spiro atoms. The van der Waals surface area contributed by atoms with Crippen LogP contribution in [0.5, 0.6) is 0 Å². The summed E-state index contributed by atoms with van der Waals surface area (Å²) in [5.41, 5.74) is 0.439. The zero-order valence-electron chi connectivity index (χ0n) is 14.4. The fourth-order valence-electron chi connectivity index (χ4n) is 3.46. The van der Waals surface area contributed by atoms with Crippen LogP contribution in [0.25, 0.3) is 0 Å². The van der Waals surface area contributed by atoms with Gasteiger partial charge >= 0.3 is 6.03 Å². The van der Waals surface area contributed by atoms with Gasteiger partial charge < -0.3 is 4.90 Å². The number of piperidine rings is 1. The molecule has 134 valence electrons. The van der Waals surface area contributed by atoms with Crippen molar-refractivity contribution in [3.63, 3.8) is 0 Å². The summed E-state index contributed by atoms with van der Waals surface area (Å²) in [5.74, 6) is -0.605. The normalized spacial score (nSPS) is 24.2. The third-order valence-electron chi connectivity index (χ3n) is 4.86. The van der Waals surface area contributed by atoms with Crippen molar-refractivity contribution < 1.29 is 18.8 Å². The first kappa shape index (κ1) is 17.4. The summed E-state index contributed by atoms with van der Waals surface area (Å²) in [5, 5.41) is 0. The number of hydrogen-bond acceptors (Lipinski definition) is 3. The van der Waals surface area contributed by atoms with Crippen molar-refractivity contribution >= 4 is 23.5 Å². The Morgan fingerprint density at radius 1 is 1.20 bits per heavy atom. The second-order valence-electron chi connectivity index (χ2n) is 6.82. The first-order valence-corrected chi connectivity index (χ1v) is 8.56. The molecule has 0 unspecified atom stereocenters. The van der Waals surface area contributed by atoms with E-state index < -0.39 is 23.8 Å². The van der Waals surface area contributed by atoms with Gasteiger partial charge in [0.1, 0.15) is 18.4 Å². The van der Waals surface area contributed by atoms with E-state index in [0.29, 0.717) is 24.7 Å². The van der Waals surface area contributed by atoms with Gasteiger partial charge in [-0.15, -0.1) is 0 Å². The molecule has 2 aliphatic heterocycles. The Hall–Kier alpha value is -2.44. The predicted molar refractivity (Wildman–Crippen MR) is 90.4 cm³/mol. The van der Waals surface area contributed by atoms with Gasteiger partial charge in [0.05, 0.1) is 0 Å². The fourth-order valence-corrected chi connectivity index (χ4v) is 3.46. The van der Waals surface area contributed by atoms with E-state index in [2.05, 4.69) is 6.92 Å². The Labute approximate surface area is 146 Å². The Bertz CT molecular complexity index is 691. The molecule has 2 fully saturated rings. The minimum absolute atomic E-state index is 0.207. The lowest BCUT2D eigenvalue weighted by molar-refractivity contribution is -0.138. The van der Waals surface area contributed by atoms with Gasteiger partial charge in [-0.25, -0.2) is 9.18 Å². The molecule has 25 heavy (non-hydrogen) atoms. The molecule has 0 aliphatic carbocycles. The SMILES string of the molecule is C[C@@H]1CCCN(C(=O)CN2C(=O)[C@@H](C)N(c3ccc(F)cc3)C2=O)C1. The van der Waals surface area contributed by atoms with Crippen LogP contribution >= 0.6 is 0 Å². The Morgan fingerprint density at radius 2 is 1.88 bits per heavy atom. The number of carbonyl (C=O) groups is 3. The third kappa shape index (κ3) is 3.36. The van der Waals surface area contributed by atoms with Crippen molar-refractivity contribution in [1.82, 2.24) is 9.80 Å². The minimum Gasteiger partial charge on any atom is -0.341 e. The molecule has 0 bridgehead atoms. The van der Waals surface area contributed by atoms with Crippen molar-refractivity contribution in [2.75, 3.05) is 24.5 Å². The maximum Gasteiger partial charge on any atom is 0.332 e. The molecular weight excluding hydrogens is 325 g/mol. The van der Waals surface area contributed by atoms with E-state index in [9.17, 15) is 18.8 Å². The summed E-state index contributed by atoms with van der Waals surface area (Å²) in [6.45, 7) is 4.77. The van der Waals surface area contributed by atoms with Gasteiger partial charge in [-0.2, -0.15) is 0 Å². The molecule has 3 rings (SSSR count). The van der Waals surface area contributed by atoms with Crippen LogP contribution in [0.15, 0.2) is 24.3 Å². The smallest absolute Gasteiger partial charge is 0.332 e. The monoisotopic (exact) mass is 347 g/mol. The largest absolute Gasteiger partial charge is 0.341 e. The van der Waals surface area contributed by atoms with E-state index in [1.807, 2.05) is 0 Å². The summed E-state index contributed by atoms with van der Waals surface area (Å²) in [6.07, 6.45) is 2.02. The molecule has 4 amide bonds. The van der Waals surface area contributed by atoms with E-state index in [0.717, 1.165) is 17.7 Å². The van der Waals surface area contributed by atoms with E-state index in [-0.39, 0.29) is 12.5 Å². The lowest BCUT2D eigenvalue weighted by Gasteiger charge is -2.31. The maximum absolute atomic E-state index is 13.1. The van der Waals surface area contributed by atoms with Gasteiger partial charge in [0, 0.05) is 18.8 Å². The number of imide groups is 1. The zero-order chi connectivity index (χ0) is 18.1. The fraction of sp³-hybridized carbons (Fsp3) is 0.500. The van der Waals surface area contributed by atoms with Crippen LogP contribution in [-0.4, -0.2) is 53.3 Å². The Morgan fingerprint density at radius 3 is 2.52 bits per heavy atom. The molecule has 2 atom stereocenters. The topological polar surface area (TPSA) is 60.9 Å². The van der Waals surface area contributed by atoms with Crippen LogP contribution in [-0.2, 0) is 9.59 Å². The van der Waals surface area contributed by atoms with Crippen LogP contribution in [0.3, 0.4) is 0 Å². The molecule has 2 aliphatic rings. The Balaban J connectivity index is 1.74. The van der Waals surface area contributed by atoms with Crippen LogP contribution in [0.4, 0.5) is 14.9 Å². The molecular formula is C18H22FN3O3. The van der Waals surface area contributed by atoms with Gasteiger partial charge in [-0.1, -0.05) is 6.92 Å². The molecule has 7 heteroatoms. The number of halogens is 1. The lowest BCUT2D eigenvalue weighted by atomic mass is 10.0. The highest BCUT2D eigenvalue weighted by Gasteiger charge is 2.44. The van der Waals surface area contributed by atoms with Crippen LogP contribution in [0, 0.1) is 11.7 Å². The van der Waals surface area contributed by atoms with Gasteiger partial charge in [-0.05, 0) is 49.9 Å². The van der Waals surface area contributed by atoms with Crippen LogP contribution < -0.4 is 4.90 Å². The molecule has 6 nitrogen and oxygen atoms in total. The standard InChI is InChI=1S/C18H22FN3O3/c1-12-4-3-9-20(10-12)16(23)11-21-17(24)13(2)22(18(21)25)15-7-5-14(19)6-8-15/h5-8,12-13H,3-4,9-11H2,1-2H3/t12-,13-/m1/s1. The molecule has 0 radical (unpaired) electrons. The summed E-state index contributed by atoms with van der Waals surface area (Å²) >= 11 is 0. The highest BCUT2D eigenvalue weighted by atomic mass is 19.1. The van der Waals surface area contributed by atoms with Crippen molar-refractivity contribution in [1.29, 1.82) is 0 Å². The van der Waals surface area contributed by atoms with E-state index in [4.69, 9.17) is 0 Å². The number of carbonyl (C=O) groups excluding carboxylic acids is 3. The number of likely N-dealkylation sites (tertiary alicyclic amines) is 1. The number of anilines is 1. The van der Waals surface area contributed by atoms with Gasteiger partial charge in [0.2, 0.25) is 5.91 Å². The van der Waals surface area contributed by atoms with E-state index >= 15 is 0 Å².